The van der Waals surface area contributed by atoms with Crippen molar-refractivity contribution in [3.8, 4) is 5.69 Å². The van der Waals surface area contributed by atoms with Crippen LogP contribution in [0.1, 0.15) is 57.2 Å². The zero-order chi connectivity index (χ0) is 24.8. The third kappa shape index (κ3) is 2.98. The second kappa shape index (κ2) is 7.58. The van der Waals surface area contributed by atoms with Gasteiger partial charge in [0.1, 0.15) is 18.0 Å². The molecular formula is C28H33FN2O4. The van der Waals surface area contributed by atoms with E-state index in [1.165, 1.54) is 17.7 Å². The van der Waals surface area contributed by atoms with Crippen LogP contribution in [0.4, 0.5) is 4.39 Å². The molecule has 7 heteroatoms. The minimum atomic E-state index is -1.58. The molecule has 35 heavy (non-hydrogen) atoms. The maximum atomic E-state index is 13.5. The summed E-state index contributed by atoms with van der Waals surface area (Å²) in [6.45, 7) is 3.52. The Labute approximate surface area is 204 Å². The van der Waals surface area contributed by atoms with E-state index in [1.54, 1.807) is 12.1 Å². The van der Waals surface area contributed by atoms with Crippen LogP contribution in [0.5, 0.6) is 0 Å². The maximum absolute atomic E-state index is 13.5. The molecule has 4 unspecified atom stereocenters. The largest absolute Gasteiger partial charge is 0.393 e. The molecule has 6 rings (SSSR count). The topological polar surface area (TPSA) is 95.6 Å². The SMILES string of the molecule is C[C@]12Cc3cnn(-c4ccc(F)cc4)c3C=C1CCC1C2C(O)C[C@@]2(C)C1CC[C@]2(O)C(=O)CO. The number of benzene rings is 1. The van der Waals surface area contributed by atoms with Crippen molar-refractivity contribution in [1.29, 1.82) is 0 Å². The summed E-state index contributed by atoms with van der Waals surface area (Å²) >= 11 is 0. The first-order valence-electron chi connectivity index (χ1n) is 12.7. The lowest BCUT2D eigenvalue weighted by Gasteiger charge is -2.60. The van der Waals surface area contributed by atoms with Crippen molar-refractivity contribution in [1.82, 2.24) is 9.78 Å². The molecule has 3 fully saturated rings. The van der Waals surface area contributed by atoms with Crippen molar-refractivity contribution in [2.75, 3.05) is 6.61 Å². The van der Waals surface area contributed by atoms with Crippen molar-refractivity contribution in [3.05, 3.63) is 53.1 Å². The number of aromatic nitrogens is 2. The fourth-order valence-corrected chi connectivity index (χ4v) is 8.57. The molecule has 0 radical (unpaired) electrons. The van der Waals surface area contributed by atoms with Gasteiger partial charge in [-0.15, -0.1) is 0 Å². The van der Waals surface area contributed by atoms with Crippen molar-refractivity contribution < 1.29 is 24.5 Å². The second-order valence-electron chi connectivity index (χ2n) is 11.7. The molecule has 3 N–H and O–H groups in total. The summed E-state index contributed by atoms with van der Waals surface area (Å²) in [5.41, 5.74) is 1.69. The van der Waals surface area contributed by atoms with Gasteiger partial charge in [0.25, 0.3) is 0 Å². The summed E-state index contributed by atoms with van der Waals surface area (Å²) in [7, 11) is 0. The maximum Gasteiger partial charge on any atom is 0.190 e. The second-order valence-corrected chi connectivity index (χ2v) is 11.7. The van der Waals surface area contributed by atoms with Crippen LogP contribution in [0.3, 0.4) is 0 Å². The summed E-state index contributed by atoms with van der Waals surface area (Å²) in [5, 5.41) is 37.2. The number of rotatable bonds is 3. The average molecular weight is 481 g/mol. The Balaban J connectivity index is 1.37. The van der Waals surface area contributed by atoms with E-state index in [0.29, 0.717) is 12.8 Å². The average Bonchev–Trinajstić information content (AvgIpc) is 3.35. The number of allylic oxidation sites excluding steroid dienone is 1. The molecular weight excluding hydrogens is 447 g/mol. The normalized spacial score (nSPS) is 39.8. The van der Waals surface area contributed by atoms with E-state index in [1.807, 2.05) is 17.8 Å². The van der Waals surface area contributed by atoms with Gasteiger partial charge in [-0.05, 0) is 97.6 Å². The van der Waals surface area contributed by atoms with Gasteiger partial charge in [-0.1, -0.05) is 19.4 Å². The Hall–Kier alpha value is -2.35. The smallest absolute Gasteiger partial charge is 0.190 e. The first-order valence-corrected chi connectivity index (χ1v) is 12.7. The number of hydrogen-bond donors (Lipinski definition) is 3. The lowest BCUT2D eigenvalue weighted by Crippen LogP contribution is -2.62. The van der Waals surface area contributed by atoms with Gasteiger partial charge in [0.2, 0.25) is 0 Å². The standard InChI is InChI=1S/C28H33FN2O4/c1-26-12-16-14-30-31(19-6-4-18(29)5-7-19)22(16)11-17(26)3-8-20-21-9-10-28(35,24(34)15-32)27(21,2)13-23(33)25(20)26/h4-7,11,14,20-21,23,25,32-33,35H,3,8-10,12-13,15H2,1-2H3/t20?,21?,23?,25?,26-,27-,28-/m0/s1. The van der Waals surface area contributed by atoms with Crippen LogP contribution in [-0.2, 0) is 11.2 Å². The summed E-state index contributed by atoms with van der Waals surface area (Å²) in [6.07, 6.45) is 7.42. The van der Waals surface area contributed by atoms with Gasteiger partial charge in [0.05, 0.1) is 23.7 Å². The number of carbonyl (C=O) groups excluding carboxylic acids is 1. The quantitative estimate of drug-likeness (QED) is 0.626. The van der Waals surface area contributed by atoms with Gasteiger partial charge < -0.3 is 15.3 Å². The highest BCUT2D eigenvalue weighted by molar-refractivity contribution is 5.89. The molecule has 1 heterocycles. The molecule has 0 aliphatic heterocycles. The highest BCUT2D eigenvalue weighted by Crippen LogP contribution is 2.67. The summed E-state index contributed by atoms with van der Waals surface area (Å²) < 4.78 is 15.3. The number of nitrogens with zero attached hydrogens (tertiary/aromatic N) is 2. The molecule has 4 aliphatic carbocycles. The van der Waals surface area contributed by atoms with E-state index in [2.05, 4.69) is 18.1 Å². The molecule has 1 aromatic carbocycles. The lowest BCUT2D eigenvalue weighted by atomic mass is 9.45. The fourth-order valence-electron chi connectivity index (χ4n) is 8.57. The predicted octanol–water partition coefficient (Wildman–Crippen LogP) is 3.46. The van der Waals surface area contributed by atoms with Gasteiger partial charge in [-0.25, -0.2) is 9.07 Å². The monoisotopic (exact) mass is 480 g/mol. The number of Topliss-reactive ketones (excluding diaryl/α,β-unsaturated/α-hetero) is 1. The molecule has 1 aromatic heterocycles. The van der Waals surface area contributed by atoms with Crippen LogP contribution < -0.4 is 0 Å². The van der Waals surface area contributed by atoms with Crippen molar-refractivity contribution in [3.63, 3.8) is 0 Å². The van der Waals surface area contributed by atoms with Crippen LogP contribution >= 0.6 is 0 Å². The minimum Gasteiger partial charge on any atom is -0.393 e. The lowest BCUT2D eigenvalue weighted by molar-refractivity contribution is -0.181. The number of hydrogen-bond acceptors (Lipinski definition) is 5. The van der Waals surface area contributed by atoms with E-state index < -0.39 is 29.5 Å². The molecule has 2 aromatic rings. The highest BCUT2D eigenvalue weighted by Gasteiger charge is 2.68. The number of aliphatic hydroxyl groups excluding tert-OH is 2. The Morgan fingerprint density at radius 2 is 1.97 bits per heavy atom. The number of fused-ring (bicyclic) bond motifs is 6. The first kappa shape index (κ1) is 23.1. The van der Waals surface area contributed by atoms with Gasteiger partial charge in [-0.2, -0.15) is 5.10 Å². The van der Waals surface area contributed by atoms with E-state index in [-0.39, 0.29) is 29.0 Å². The van der Waals surface area contributed by atoms with Crippen LogP contribution in [0.15, 0.2) is 36.0 Å². The van der Waals surface area contributed by atoms with Crippen LogP contribution in [0, 0.1) is 34.4 Å². The first-order chi connectivity index (χ1) is 16.6. The third-order valence-electron chi connectivity index (χ3n) is 10.3. The summed E-state index contributed by atoms with van der Waals surface area (Å²) in [4.78, 5) is 12.6. The Bertz CT molecular complexity index is 1220. The number of aliphatic hydroxyl groups is 3. The van der Waals surface area contributed by atoms with Gasteiger partial charge in [0.15, 0.2) is 5.78 Å². The zero-order valence-corrected chi connectivity index (χ0v) is 20.2. The predicted molar refractivity (Wildman–Crippen MR) is 128 cm³/mol. The molecule has 4 aliphatic rings. The van der Waals surface area contributed by atoms with Crippen LogP contribution in [0.2, 0.25) is 0 Å². The van der Waals surface area contributed by atoms with Crippen molar-refractivity contribution in [2.24, 2.45) is 28.6 Å². The molecule has 0 spiro atoms. The fraction of sp³-hybridized carbons (Fsp3) is 0.571. The minimum absolute atomic E-state index is 0.0227. The van der Waals surface area contributed by atoms with E-state index in [9.17, 15) is 24.5 Å². The zero-order valence-electron chi connectivity index (χ0n) is 20.2. The summed E-state index contributed by atoms with van der Waals surface area (Å²) in [5.74, 6) is -0.462. The van der Waals surface area contributed by atoms with E-state index in [0.717, 1.165) is 42.6 Å². The molecule has 6 nitrogen and oxygen atoms in total. The van der Waals surface area contributed by atoms with Gasteiger partial charge in [-0.3, -0.25) is 4.79 Å². The van der Waals surface area contributed by atoms with E-state index in [4.69, 9.17) is 0 Å². The van der Waals surface area contributed by atoms with Crippen LogP contribution in [0.25, 0.3) is 11.8 Å². The number of carbonyl (C=O) groups is 1. The molecule has 3 saturated carbocycles. The molecule has 186 valence electrons. The Morgan fingerprint density at radius 3 is 2.69 bits per heavy atom. The highest BCUT2D eigenvalue weighted by atomic mass is 19.1. The number of ketones is 1. The van der Waals surface area contributed by atoms with Crippen LogP contribution in [-0.4, -0.2) is 49.2 Å². The molecule has 7 atom stereocenters. The molecule has 0 amide bonds. The van der Waals surface area contributed by atoms with Crippen molar-refractivity contribution >= 4 is 11.9 Å². The summed E-state index contributed by atoms with van der Waals surface area (Å²) in [6, 6.07) is 6.34. The third-order valence-corrected chi connectivity index (χ3v) is 10.3. The van der Waals surface area contributed by atoms with Crippen molar-refractivity contribution in [2.45, 2.75) is 64.1 Å². The van der Waals surface area contributed by atoms with Gasteiger partial charge >= 0.3 is 0 Å². The van der Waals surface area contributed by atoms with Gasteiger partial charge in [0, 0.05) is 5.41 Å². The molecule has 0 saturated heterocycles. The number of halogens is 1. The van der Waals surface area contributed by atoms with E-state index >= 15 is 0 Å². The Kier molecular flexibility index (Phi) is 4.99. The molecule has 0 bridgehead atoms. The Morgan fingerprint density at radius 1 is 1.23 bits per heavy atom.